The van der Waals surface area contributed by atoms with Crippen LogP contribution >= 0.6 is 11.6 Å². The maximum atomic E-state index is 6.09. The molecule has 0 fully saturated rings. The van der Waals surface area contributed by atoms with Gasteiger partial charge in [-0.2, -0.15) is 0 Å². The Bertz CT molecular complexity index is 731. The third-order valence-corrected chi connectivity index (χ3v) is 3.76. The molecule has 0 radical (unpaired) electrons. The van der Waals surface area contributed by atoms with Gasteiger partial charge >= 0.3 is 0 Å². The monoisotopic (exact) mass is 299 g/mol. The normalized spacial score (nSPS) is 11.0. The zero-order valence-corrected chi connectivity index (χ0v) is 12.8. The van der Waals surface area contributed by atoms with E-state index in [0.29, 0.717) is 0 Å². The first-order valence-corrected chi connectivity index (χ1v) is 7.61. The number of benzene rings is 2. The summed E-state index contributed by atoms with van der Waals surface area (Å²) in [7, 11) is 0. The second kappa shape index (κ2) is 6.23. The Morgan fingerprint density at radius 1 is 1.10 bits per heavy atom. The fourth-order valence-corrected chi connectivity index (χ4v) is 2.61. The highest BCUT2D eigenvalue weighted by Gasteiger charge is 2.05. The topological polar surface area (TPSA) is 25.0 Å². The molecule has 2 aromatic carbocycles. The molecular formula is C18H18ClNO. The average molecular weight is 300 g/mol. The largest absolute Gasteiger partial charge is 0.494 e. The van der Waals surface area contributed by atoms with Crippen LogP contribution in [0.25, 0.3) is 10.9 Å². The van der Waals surface area contributed by atoms with Gasteiger partial charge in [-0.1, -0.05) is 30.7 Å². The van der Waals surface area contributed by atoms with Gasteiger partial charge in [0.1, 0.15) is 5.75 Å². The average Bonchev–Trinajstić information content (AvgIpc) is 2.89. The van der Waals surface area contributed by atoms with Crippen molar-refractivity contribution in [2.75, 3.05) is 6.61 Å². The maximum Gasteiger partial charge on any atom is 0.119 e. The number of nitrogens with one attached hydrogen (secondary N) is 1. The number of fused-ring (bicyclic) bond motifs is 1. The molecule has 0 atom stereocenters. The predicted molar refractivity (Wildman–Crippen MR) is 88.3 cm³/mol. The Morgan fingerprint density at radius 3 is 2.67 bits per heavy atom. The van der Waals surface area contributed by atoms with Crippen LogP contribution in [0, 0.1) is 0 Å². The van der Waals surface area contributed by atoms with Crippen LogP contribution in [0.3, 0.4) is 0 Å². The van der Waals surface area contributed by atoms with Gasteiger partial charge < -0.3 is 9.72 Å². The minimum absolute atomic E-state index is 0.764. The number of ether oxygens (including phenoxy) is 1. The number of H-pyrrole nitrogens is 1. The maximum absolute atomic E-state index is 6.09. The third-order valence-electron chi connectivity index (χ3n) is 3.52. The van der Waals surface area contributed by atoms with E-state index < -0.39 is 0 Å². The first kappa shape index (κ1) is 14.0. The molecule has 2 nitrogen and oxygen atoms in total. The van der Waals surface area contributed by atoms with Crippen LogP contribution in [-0.4, -0.2) is 11.6 Å². The van der Waals surface area contributed by atoms with Crippen molar-refractivity contribution in [3.8, 4) is 5.75 Å². The van der Waals surface area contributed by atoms with Crippen LogP contribution in [0.5, 0.6) is 5.75 Å². The number of hydrogen-bond acceptors (Lipinski definition) is 1. The zero-order valence-electron chi connectivity index (χ0n) is 12.0. The summed E-state index contributed by atoms with van der Waals surface area (Å²) in [6.45, 7) is 2.87. The molecule has 1 heterocycles. The van der Waals surface area contributed by atoms with E-state index in [0.717, 1.165) is 35.7 Å². The Kier molecular flexibility index (Phi) is 4.16. The van der Waals surface area contributed by atoms with Gasteiger partial charge in [0.15, 0.2) is 0 Å². The van der Waals surface area contributed by atoms with Crippen LogP contribution in [0.2, 0.25) is 5.02 Å². The van der Waals surface area contributed by atoms with Crippen LogP contribution in [-0.2, 0) is 6.42 Å². The lowest BCUT2D eigenvalue weighted by molar-refractivity contribution is 0.317. The van der Waals surface area contributed by atoms with E-state index in [9.17, 15) is 0 Å². The molecular weight excluding hydrogens is 282 g/mol. The second-order valence-corrected chi connectivity index (χ2v) is 5.61. The van der Waals surface area contributed by atoms with Crippen molar-refractivity contribution < 1.29 is 4.74 Å². The quantitative estimate of drug-likeness (QED) is 0.688. The highest BCUT2D eigenvalue weighted by molar-refractivity contribution is 6.31. The van der Waals surface area contributed by atoms with Crippen LogP contribution in [0.15, 0.2) is 48.7 Å². The summed E-state index contributed by atoms with van der Waals surface area (Å²) in [6, 6.07) is 14.2. The van der Waals surface area contributed by atoms with Crippen molar-refractivity contribution in [3.63, 3.8) is 0 Å². The molecule has 0 unspecified atom stereocenters. The molecule has 0 aliphatic carbocycles. The summed E-state index contributed by atoms with van der Waals surface area (Å²) in [5, 5.41) is 1.96. The van der Waals surface area contributed by atoms with Crippen LogP contribution in [0.1, 0.15) is 24.5 Å². The molecule has 0 bridgehead atoms. The highest BCUT2D eigenvalue weighted by Crippen LogP contribution is 2.25. The number of aromatic amines is 1. The van der Waals surface area contributed by atoms with E-state index in [1.165, 1.54) is 16.5 Å². The zero-order chi connectivity index (χ0) is 14.7. The van der Waals surface area contributed by atoms with Crippen molar-refractivity contribution in [2.45, 2.75) is 19.8 Å². The van der Waals surface area contributed by atoms with Gasteiger partial charge in [-0.05, 0) is 54.3 Å². The van der Waals surface area contributed by atoms with E-state index in [2.05, 4.69) is 30.2 Å². The van der Waals surface area contributed by atoms with E-state index in [-0.39, 0.29) is 0 Å². The summed E-state index contributed by atoms with van der Waals surface area (Å²) in [5.41, 5.74) is 3.65. The van der Waals surface area contributed by atoms with Crippen molar-refractivity contribution in [1.29, 1.82) is 0 Å². The lowest BCUT2D eigenvalue weighted by Gasteiger charge is -2.06. The highest BCUT2D eigenvalue weighted by atomic mass is 35.5. The number of hydrogen-bond donors (Lipinski definition) is 1. The van der Waals surface area contributed by atoms with E-state index >= 15 is 0 Å². The number of rotatable bonds is 5. The minimum Gasteiger partial charge on any atom is -0.494 e. The molecule has 0 spiro atoms. The minimum atomic E-state index is 0.764. The van der Waals surface area contributed by atoms with Gasteiger partial charge in [0, 0.05) is 22.1 Å². The van der Waals surface area contributed by atoms with Gasteiger partial charge in [-0.3, -0.25) is 0 Å². The van der Waals surface area contributed by atoms with Gasteiger partial charge in [0.2, 0.25) is 0 Å². The summed E-state index contributed by atoms with van der Waals surface area (Å²) >= 11 is 6.09. The van der Waals surface area contributed by atoms with E-state index in [4.69, 9.17) is 16.3 Å². The molecule has 108 valence electrons. The fourth-order valence-electron chi connectivity index (χ4n) is 2.44. The first-order valence-electron chi connectivity index (χ1n) is 7.23. The van der Waals surface area contributed by atoms with Crippen molar-refractivity contribution >= 4 is 22.5 Å². The third kappa shape index (κ3) is 3.22. The molecule has 1 N–H and O–H groups in total. The van der Waals surface area contributed by atoms with Gasteiger partial charge in [0.25, 0.3) is 0 Å². The Hall–Kier alpha value is -1.93. The Morgan fingerprint density at radius 2 is 1.90 bits per heavy atom. The van der Waals surface area contributed by atoms with Crippen LogP contribution in [0.4, 0.5) is 0 Å². The molecule has 3 heteroatoms. The van der Waals surface area contributed by atoms with Crippen LogP contribution < -0.4 is 4.74 Å². The molecule has 0 amide bonds. The summed E-state index contributed by atoms with van der Waals surface area (Å²) < 4.78 is 5.61. The lowest BCUT2D eigenvalue weighted by Crippen LogP contribution is -1.95. The summed E-state index contributed by atoms with van der Waals surface area (Å²) in [6.07, 6.45) is 3.97. The smallest absolute Gasteiger partial charge is 0.119 e. The fraction of sp³-hybridized carbons (Fsp3) is 0.222. The van der Waals surface area contributed by atoms with E-state index in [1.807, 2.05) is 30.3 Å². The number of halogens is 1. The molecule has 0 aliphatic rings. The second-order valence-electron chi connectivity index (χ2n) is 5.17. The predicted octanol–water partition coefficient (Wildman–Crippen LogP) is 5.20. The molecule has 21 heavy (non-hydrogen) atoms. The molecule has 0 saturated carbocycles. The Balaban J connectivity index is 1.80. The first-order chi connectivity index (χ1) is 10.3. The lowest BCUT2D eigenvalue weighted by atomic mass is 10.0. The molecule has 3 rings (SSSR count). The molecule has 0 aliphatic heterocycles. The van der Waals surface area contributed by atoms with Gasteiger partial charge in [-0.25, -0.2) is 0 Å². The van der Waals surface area contributed by atoms with Crippen molar-refractivity contribution in [3.05, 3.63) is 64.8 Å². The van der Waals surface area contributed by atoms with Crippen molar-refractivity contribution in [1.82, 2.24) is 4.98 Å². The standard InChI is InChI=1S/C18H18ClNO/c1-2-9-21-16-6-3-13(4-7-16)10-14-12-20-18-8-5-15(19)11-17(14)18/h3-8,11-12,20H,2,9-10H2,1H3. The van der Waals surface area contributed by atoms with Gasteiger partial charge in [-0.15, -0.1) is 0 Å². The SMILES string of the molecule is CCCOc1ccc(Cc2c[nH]c3ccc(Cl)cc23)cc1. The van der Waals surface area contributed by atoms with Crippen molar-refractivity contribution in [2.24, 2.45) is 0 Å². The van der Waals surface area contributed by atoms with Gasteiger partial charge in [0.05, 0.1) is 6.61 Å². The molecule has 1 aromatic heterocycles. The number of aromatic nitrogens is 1. The summed E-state index contributed by atoms with van der Waals surface area (Å²) in [5.74, 6) is 0.933. The summed E-state index contributed by atoms with van der Waals surface area (Å²) in [4.78, 5) is 3.29. The molecule has 0 saturated heterocycles. The molecule has 3 aromatic rings. The Labute approximate surface area is 129 Å². The van der Waals surface area contributed by atoms with E-state index in [1.54, 1.807) is 0 Å².